The predicted octanol–water partition coefficient (Wildman–Crippen LogP) is 10.2. The van der Waals surface area contributed by atoms with Gasteiger partial charge in [0.2, 0.25) is 35.5 Å². The second-order valence-corrected chi connectivity index (χ2v) is 18.4. The molecule has 0 radical (unpaired) electrons. The van der Waals surface area contributed by atoms with Gasteiger partial charge in [-0.1, -0.05) is 25.3 Å². The Bertz CT molecular complexity index is 2900. The minimum Gasteiger partial charge on any atom is -0.437 e. The fraction of sp³-hybridized carbons (Fsp3) is 0.192. The number of anilines is 8. The van der Waals surface area contributed by atoms with Crippen molar-refractivity contribution >= 4 is 101 Å². The summed E-state index contributed by atoms with van der Waals surface area (Å²) in [6.07, 6.45) is 2.45. The van der Waals surface area contributed by atoms with Gasteiger partial charge >= 0.3 is 0 Å². The van der Waals surface area contributed by atoms with Crippen molar-refractivity contribution in [2.45, 2.75) is 0 Å². The number of carbonyl (C=O) groups excluding carboxylic acids is 2. The number of nitrogens with one attached hydrogen (secondary N) is 4. The molecule has 356 valence electrons. The summed E-state index contributed by atoms with van der Waals surface area (Å²) in [6.45, 7) is 15.4. The highest BCUT2D eigenvalue weighted by Gasteiger charge is 2.18. The first-order chi connectivity index (χ1) is 34.1. The summed E-state index contributed by atoms with van der Waals surface area (Å²) in [5, 5.41) is 16.0. The number of thiophene rings is 2. The second kappa shape index (κ2) is 22.0. The average molecular weight is 973 g/mol. The Morgan fingerprint density at radius 1 is 0.529 bits per heavy atom. The lowest BCUT2D eigenvalue weighted by Gasteiger charge is -2.34. The standard InChI is InChI=1S/2C26H26N6O2S/c2*1-3-23(33)27-19-5-4-6-21(17-19)34-25-24-22(11-16-35-24)29-26(30-25)28-18-7-9-20(10-8-18)32-14-12-31(2)13-15-32/h2*3-11,16-17H,1,12-15H2,2H3,(H,27,33)(H,28,29,30). The average Bonchev–Trinajstić information content (AvgIpc) is 4.06. The van der Waals surface area contributed by atoms with Crippen molar-refractivity contribution < 1.29 is 19.1 Å². The topological polar surface area (TPSA) is 165 Å². The molecular formula is C52H52N12O4S2. The zero-order valence-corrected chi connectivity index (χ0v) is 40.4. The fourth-order valence-corrected chi connectivity index (χ4v) is 9.22. The van der Waals surface area contributed by atoms with Crippen LogP contribution in [0.15, 0.2) is 145 Å². The maximum absolute atomic E-state index is 11.6. The highest BCUT2D eigenvalue weighted by atomic mass is 32.1. The maximum atomic E-state index is 11.6. The van der Waals surface area contributed by atoms with Gasteiger partial charge < -0.3 is 50.3 Å². The summed E-state index contributed by atoms with van der Waals surface area (Å²) in [4.78, 5) is 51.3. The molecule has 16 nitrogen and oxygen atoms in total. The van der Waals surface area contributed by atoms with Crippen LogP contribution in [-0.2, 0) is 9.59 Å². The molecule has 0 unspecified atom stereocenters. The van der Waals surface area contributed by atoms with Crippen LogP contribution >= 0.6 is 22.7 Å². The fourth-order valence-electron chi connectivity index (χ4n) is 7.71. The molecule has 6 heterocycles. The highest BCUT2D eigenvalue weighted by molar-refractivity contribution is 7.17. The van der Waals surface area contributed by atoms with E-state index >= 15 is 0 Å². The summed E-state index contributed by atoms with van der Waals surface area (Å²) in [5.41, 5.74) is 7.05. The quantitative estimate of drug-likeness (QED) is 0.0761. The van der Waals surface area contributed by atoms with Gasteiger partial charge in [-0.2, -0.15) is 9.97 Å². The molecule has 0 saturated carbocycles. The Morgan fingerprint density at radius 2 is 0.929 bits per heavy atom. The van der Waals surface area contributed by atoms with Crippen molar-refractivity contribution in [2.75, 3.05) is 97.5 Å². The lowest BCUT2D eigenvalue weighted by Crippen LogP contribution is -2.44. The van der Waals surface area contributed by atoms with Crippen LogP contribution < -0.4 is 40.5 Å². The van der Waals surface area contributed by atoms with E-state index in [-0.39, 0.29) is 11.8 Å². The summed E-state index contributed by atoms with van der Waals surface area (Å²) in [5.74, 6) is 2.36. The first-order valence-corrected chi connectivity index (χ1v) is 24.4. The molecule has 18 heteroatoms. The summed E-state index contributed by atoms with van der Waals surface area (Å²) in [6, 6.07) is 34.8. The van der Waals surface area contributed by atoms with E-state index in [1.807, 2.05) is 71.4 Å². The number of fused-ring (bicyclic) bond motifs is 2. The molecule has 70 heavy (non-hydrogen) atoms. The van der Waals surface area contributed by atoms with Gasteiger partial charge in [-0.05, 0) is 122 Å². The predicted molar refractivity (Wildman–Crippen MR) is 284 cm³/mol. The third-order valence-corrected chi connectivity index (χ3v) is 13.3. The SMILES string of the molecule is C=CC(=O)Nc1cccc(Oc2nc(Nc3ccc(N4CCN(C)CC4)cc3)nc3ccsc23)c1.C=CC(=O)Nc1cccc(Oc2nc(Nc3ccc(N4CCN(C)CC4)cc3)nc3ccsc23)c1. The van der Waals surface area contributed by atoms with Gasteiger partial charge in [0.1, 0.15) is 20.9 Å². The van der Waals surface area contributed by atoms with Crippen LogP contribution in [0.2, 0.25) is 0 Å². The maximum Gasteiger partial charge on any atom is 0.247 e. The molecule has 8 aromatic rings. The first kappa shape index (κ1) is 47.2. The molecule has 2 saturated heterocycles. The number of rotatable bonds is 14. The van der Waals surface area contributed by atoms with Crippen molar-refractivity contribution in [3.05, 3.63) is 145 Å². The van der Waals surface area contributed by atoms with Crippen LogP contribution in [0.3, 0.4) is 0 Å². The molecule has 0 atom stereocenters. The number of benzene rings is 4. The molecule has 2 aliphatic rings. The van der Waals surface area contributed by atoms with E-state index in [0.717, 1.165) is 84.2 Å². The number of ether oxygens (including phenoxy) is 2. The lowest BCUT2D eigenvalue weighted by atomic mass is 10.2. The minimum atomic E-state index is -0.282. The number of likely N-dealkylation sites (N-methyl/N-ethyl adjacent to an activating group) is 2. The molecule has 0 spiro atoms. The van der Waals surface area contributed by atoms with Crippen LogP contribution in [0.25, 0.3) is 20.4 Å². The van der Waals surface area contributed by atoms with E-state index in [1.54, 1.807) is 24.3 Å². The minimum absolute atomic E-state index is 0.282. The number of hydrogen-bond donors (Lipinski definition) is 4. The molecule has 2 aliphatic heterocycles. The molecule has 2 amide bonds. The normalized spacial score (nSPS) is 14.0. The number of piperazine rings is 2. The Morgan fingerprint density at radius 3 is 1.31 bits per heavy atom. The number of aromatic nitrogens is 4. The van der Waals surface area contributed by atoms with E-state index in [4.69, 9.17) is 9.47 Å². The Hall–Kier alpha value is -7.90. The summed E-state index contributed by atoms with van der Waals surface area (Å²) in [7, 11) is 4.31. The smallest absolute Gasteiger partial charge is 0.247 e. The number of hydrogen-bond acceptors (Lipinski definition) is 16. The molecule has 4 aromatic carbocycles. The van der Waals surface area contributed by atoms with Gasteiger partial charge in [0.15, 0.2) is 0 Å². The van der Waals surface area contributed by atoms with Crippen LogP contribution in [0.1, 0.15) is 0 Å². The van der Waals surface area contributed by atoms with Crippen molar-refractivity contribution in [3.63, 3.8) is 0 Å². The van der Waals surface area contributed by atoms with Crippen molar-refractivity contribution in [2.24, 2.45) is 0 Å². The molecule has 4 aromatic heterocycles. The highest BCUT2D eigenvalue weighted by Crippen LogP contribution is 2.36. The summed E-state index contributed by atoms with van der Waals surface area (Å²) < 4.78 is 13.9. The van der Waals surface area contributed by atoms with Gasteiger partial charge in [0, 0.05) is 98.6 Å². The van der Waals surface area contributed by atoms with Crippen LogP contribution in [0.4, 0.5) is 46.0 Å². The Labute approximate surface area is 413 Å². The zero-order chi connectivity index (χ0) is 48.4. The van der Waals surface area contributed by atoms with E-state index < -0.39 is 0 Å². The van der Waals surface area contributed by atoms with Gasteiger partial charge in [-0.25, -0.2) is 9.97 Å². The molecule has 0 aliphatic carbocycles. The largest absolute Gasteiger partial charge is 0.437 e. The van der Waals surface area contributed by atoms with E-state index in [9.17, 15) is 9.59 Å². The van der Waals surface area contributed by atoms with E-state index in [1.165, 1.54) is 46.2 Å². The molecule has 10 rings (SSSR count). The third-order valence-electron chi connectivity index (χ3n) is 11.5. The molecule has 0 bridgehead atoms. The van der Waals surface area contributed by atoms with Crippen LogP contribution in [0, 0.1) is 0 Å². The third kappa shape index (κ3) is 12.0. The first-order valence-electron chi connectivity index (χ1n) is 22.7. The van der Waals surface area contributed by atoms with Crippen molar-refractivity contribution in [1.29, 1.82) is 0 Å². The monoisotopic (exact) mass is 972 g/mol. The van der Waals surface area contributed by atoms with E-state index in [2.05, 4.69) is 112 Å². The summed E-state index contributed by atoms with van der Waals surface area (Å²) >= 11 is 3.03. The van der Waals surface area contributed by atoms with Gasteiger partial charge in [-0.15, -0.1) is 22.7 Å². The number of carbonyl (C=O) groups is 2. The Balaban J connectivity index is 0.000000174. The van der Waals surface area contributed by atoms with E-state index in [0.29, 0.717) is 46.5 Å². The van der Waals surface area contributed by atoms with Gasteiger partial charge in [0.25, 0.3) is 0 Å². The van der Waals surface area contributed by atoms with Crippen molar-refractivity contribution in [3.8, 4) is 23.3 Å². The lowest BCUT2D eigenvalue weighted by molar-refractivity contribution is -0.112. The van der Waals surface area contributed by atoms with Gasteiger partial charge in [-0.3, -0.25) is 9.59 Å². The Kier molecular flexibility index (Phi) is 14.8. The van der Waals surface area contributed by atoms with Crippen molar-refractivity contribution in [1.82, 2.24) is 29.7 Å². The van der Waals surface area contributed by atoms with Crippen LogP contribution in [0.5, 0.6) is 23.3 Å². The van der Waals surface area contributed by atoms with Gasteiger partial charge in [0.05, 0.1) is 11.0 Å². The molecule has 4 N–H and O–H groups in total. The molecular weight excluding hydrogens is 921 g/mol. The second-order valence-electron chi connectivity index (χ2n) is 16.5. The number of amides is 2. The van der Waals surface area contributed by atoms with Crippen LogP contribution in [-0.4, -0.2) is 108 Å². The zero-order valence-electron chi connectivity index (χ0n) is 38.8. The number of nitrogens with zero attached hydrogens (tertiary/aromatic N) is 8. The molecule has 2 fully saturated rings.